The van der Waals surface area contributed by atoms with Gasteiger partial charge in [-0.1, -0.05) is 36.4 Å². The predicted octanol–water partition coefficient (Wildman–Crippen LogP) is 3.42. The highest BCUT2D eigenvalue weighted by atomic mass is 32.2. The summed E-state index contributed by atoms with van der Waals surface area (Å²) < 4.78 is 27.6. The molecule has 5 aromatic rings. The summed E-state index contributed by atoms with van der Waals surface area (Å²) in [5.41, 5.74) is 10.7. The number of piperidine rings is 1. The maximum absolute atomic E-state index is 13.3. The van der Waals surface area contributed by atoms with Gasteiger partial charge in [-0.3, -0.25) is 14.9 Å². The highest BCUT2D eigenvalue weighted by Crippen LogP contribution is 2.45. The van der Waals surface area contributed by atoms with Crippen molar-refractivity contribution in [1.29, 1.82) is 0 Å². The summed E-state index contributed by atoms with van der Waals surface area (Å²) in [5, 5.41) is 11.2. The van der Waals surface area contributed by atoms with E-state index in [0.717, 1.165) is 35.9 Å². The van der Waals surface area contributed by atoms with E-state index in [1.54, 1.807) is 19.3 Å². The largest absolute Gasteiger partial charge is 0.382 e. The van der Waals surface area contributed by atoms with E-state index in [-0.39, 0.29) is 40.4 Å². The first-order valence-electron chi connectivity index (χ1n) is 13.8. The normalized spacial score (nSPS) is 20.3. The molecule has 3 atom stereocenters. The number of aryl methyl sites for hydroxylation is 1. The second kappa shape index (κ2) is 9.72. The SMILES string of the molecule is Cc1nc(C(=O)N2[C@@H]3CC[C@H]2CC(c2nc4c(-c5ccc(-c6ccccc6)nc5)cnn4c(N)c2S(C)(=O)=O)C3)n[nH]1. The summed E-state index contributed by atoms with van der Waals surface area (Å²) in [6.45, 7) is 1.75. The molecule has 2 fully saturated rings. The van der Waals surface area contributed by atoms with Gasteiger partial charge >= 0.3 is 0 Å². The van der Waals surface area contributed by atoms with Crippen LogP contribution in [0.1, 0.15) is 53.7 Å². The van der Waals surface area contributed by atoms with Crippen LogP contribution in [0.3, 0.4) is 0 Å². The minimum atomic E-state index is -3.75. The van der Waals surface area contributed by atoms with Crippen molar-refractivity contribution < 1.29 is 13.2 Å². The lowest BCUT2D eigenvalue weighted by Crippen LogP contribution is -2.46. The number of fused-ring (bicyclic) bond motifs is 3. The van der Waals surface area contributed by atoms with Gasteiger partial charge in [0.2, 0.25) is 5.82 Å². The number of carbonyl (C=O) groups excluding carboxylic acids is 1. The van der Waals surface area contributed by atoms with Crippen molar-refractivity contribution in [3.63, 3.8) is 0 Å². The van der Waals surface area contributed by atoms with Crippen LogP contribution in [0.2, 0.25) is 0 Å². The van der Waals surface area contributed by atoms with E-state index < -0.39 is 9.84 Å². The average Bonchev–Trinajstić information content (AvgIpc) is 3.68. The van der Waals surface area contributed by atoms with Crippen molar-refractivity contribution in [1.82, 2.24) is 39.7 Å². The molecule has 2 bridgehead atoms. The number of sulfone groups is 1. The Kier molecular flexibility index (Phi) is 6.08. The monoisotopic (exact) mass is 583 g/mol. The molecule has 0 saturated carbocycles. The quantitative estimate of drug-likeness (QED) is 0.315. The molecule has 42 heavy (non-hydrogen) atoms. The summed E-state index contributed by atoms with van der Waals surface area (Å²) in [7, 11) is -3.75. The molecule has 0 radical (unpaired) electrons. The fourth-order valence-corrected chi connectivity index (χ4v) is 7.56. The van der Waals surface area contributed by atoms with Crippen molar-refractivity contribution in [2.45, 2.75) is 55.5 Å². The van der Waals surface area contributed by atoms with Gasteiger partial charge in [0.25, 0.3) is 5.91 Å². The molecular weight excluding hydrogens is 554 g/mol. The smallest absolute Gasteiger partial charge is 0.294 e. The molecule has 2 aliphatic heterocycles. The molecule has 1 unspecified atom stereocenters. The Balaban J connectivity index is 1.27. The summed E-state index contributed by atoms with van der Waals surface area (Å²) in [6.07, 6.45) is 7.31. The number of H-pyrrole nitrogens is 1. The minimum Gasteiger partial charge on any atom is -0.382 e. The summed E-state index contributed by atoms with van der Waals surface area (Å²) in [4.78, 5) is 29.0. The Morgan fingerprint density at radius 1 is 1.00 bits per heavy atom. The molecule has 214 valence electrons. The number of rotatable bonds is 5. The van der Waals surface area contributed by atoms with Gasteiger partial charge in [-0.2, -0.15) is 9.61 Å². The first-order chi connectivity index (χ1) is 20.2. The van der Waals surface area contributed by atoms with Gasteiger partial charge < -0.3 is 10.6 Å². The molecule has 0 aliphatic carbocycles. The summed E-state index contributed by atoms with van der Waals surface area (Å²) in [5.74, 6) is 0.340. The fraction of sp³-hybridized carbons (Fsp3) is 0.310. The van der Waals surface area contributed by atoms with E-state index in [9.17, 15) is 13.2 Å². The maximum atomic E-state index is 13.3. The van der Waals surface area contributed by atoms with Gasteiger partial charge in [-0.05, 0) is 38.7 Å². The van der Waals surface area contributed by atoms with Crippen LogP contribution in [0.5, 0.6) is 0 Å². The number of nitrogens with two attached hydrogens (primary N) is 1. The third kappa shape index (κ3) is 4.31. The van der Waals surface area contributed by atoms with Crippen LogP contribution in [0.25, 0.3) is 28.0 Å². The molecule has 1 amide bonds. The topological polar surface area (TPSA) is 165 Å². The van der Waals surface area contributed by atoms with Crippen LogP contribution < -0.4 is 5.73 Å². The zero-order valence-electron chi connectivity index (χ0n) is 23.1. The Morgan fingerprint density at radius 2 is 1.74 bits per heavy atom. The first kappa shape index (κ1) is 26.3. The lowest BCUT2D eigenvalue weighted by molar-refractivity contribution is 0.0556. The molecule has 1 aromatic carbocycles. The van der Waals surface area contributed by atoms with Crippen LogP contribution in [-0.4, -0.2) is 72.3 Å². The van der Waals surface area contributed by atoms with Crippen molar-refractivity contribution in [2.75, 3.05) is 12.0 Å². The zero-order chi connectivity index (χ0) is 29.2. The molecule has 6 heterocycles. The third-order valence-corrected chi connectivity index (χ3v) is 9.48. The maximum Gasteiger partial charge on any atom is 0.294 e. The lowest BCUT2D eigenvalue weighted by atomic mass is 9.87. The number of amides is 1. The van der Waals surface area contributed by atoms with E-state index in [1.165, 1.54) is 4.52 Å². The predicted molar refractivity (Wildman–Crippen MR) is 155 cm³/mol. The van der Waals surface area contributed by atoms with E-state index in [4.69, 9.17) is 10.7 Å². The summed E-state index contributed by atoms with van der Waals surface area (Å²) in [6, 6.07) is 13.6. The molecule has 4 aromatic heterocycles. The van der Waals surface area contributed by atoms with Crippen molar-refractivity contribution in [3.05, 3.63) is 72.2 Å². The number of nitrogens with zero attached hydrogens (tertiary/aromatic N) is 7. The number of aromatic nitrogens is 7. The number of hydrogen-bond donors (Lipinski definition) is 2. The Bertz CT molecular complexity index is 1920. The number of carbonyl (C=O) groups is 1. The van der Waals surface area contributed by atoms with Crippen LogP contribution in [0.15, 0.2) is 59.8 Å². The van der Waals surface area contributed by atoms with Crippen LogP contribution in [-0.2, 0) is 9.84 Å². The number of pyridine rings is 1. The van der Waals surface area contributed by atoms with Crippen LogP contribution in [0.4, 0.5) is 5.82 Å². The summed E-state index contributed by atoms with van der Waals surface area (Å²) >= 11 is 0. The molecule has 12 nitrogen and oxygen atoms in total. The standard InChI is InChI=1S/C29H29N9O3S/c1-16-33-27(36-35-16)29(39)37-20-9-10-21(37)13-19(12-20)24-25(42(2,40)41)26(30)38-28(34-24)22(15-32-38)18-8-11-23(31-14-18)17-6-4-3-5-7-17/h3-8,11,14-15,19-21H,9-10,12-13,30H2,1-2H3,(H,33,35,36)/t19?,20-,21+. The van der Waals surface area contributed by atoms with E-state index in [1.807, 2.05) is 47.4 Å². The van der Waals surface area contributed by atoms with Gasteiger partial charge in [0, 0.05) is 47.1 Å². The lowest BCUT2D eigenvalue weighted by Gasteiger charge is -2.38. The van der Waals surface area contributed by atoms with Crippen LogP contribution in [0, 0.1) is 6.92 Å². The Morgan fingerprint density at radius 3 is 2.36 bits per heavy atom. The van der Waals surface area contributed by atoms with Crippen molar-refractivity contribution in [2.24, 2.45) is 0 Å². The highest BCUT2D eigenvalue weighted by molar-refractivity contribution is 7.91. The van der Waals surface area contributed by atoms with E-state index in [0.29, 0.717) is 35.6 Å². The zero-order valence-corrected chi connectivity index (χ0v) is 23.9. The second-order valence-corrected chi connectivity index (χ2v) is 13.0. The minimum absolute atomic E-state index is 0.00373. The van der Waals surface area contributed by atoms with Gasteiger partial charge in [-0.15, -0.1) is 5.10 Å². The van der Waals surface area contributed by atoms with Crippen molar-refractivity contribution in [3.8, 4) is 22.4 Å². The number of hydrogen-bond acceptors (Lipinski definition) is 9. The molecule has 0 spiro atoms. The molecule has 2 saturated heterocycles. The molecule has 13 heteroatoms. The van der Waals surface area contributed by atoms with Gasteiger partial charge in [0.15, 0.2) is 15.5 Å². The third-order valence-electron chi connectivity index (χ3n) is 8.32. The fourth-order valence-electron chi connectivity index (χ4n) is 6.50. The number of nitrogens with one attached hydrogen (secondary N) is 1. The molecule has 2 aliphatic rings. The number of nitrogen functional groups attached to an aromatic ring is 1. The number of benzene rings is 1. The van der Waals surface area contributed by atoms with E-state index >= 15 is 0 Å². The molecule has 3 N–H and O–H groups in total. The van der Waals surface area contributed by atoms with Crippen molar-refractivity contribution >= 4 is 27.2 Å². The van der Waals surface area contributed by atoms with E-state index in [2.05, 4.69) is 25.3 Å². The van der Waals surface area contributed by atoms with Gasteiger partial charge in [0.1, 0.15) is 16.5 Å². The highest BCUT2D eigenvalue weighted by Gasteiger charge is 2.46. The Labute approximate surface area is 241 Å². The van der Waals surface area contributed by atoms with Gasteiger partial charge in [0.05, 0.1) is 17.6 Å². The number of anilines is 1. The average molecular weight is 584 g/mol. The second-order valence-electron chi connectivity index (χ2n) is 11.1. The number of aromatic amines is 1. The first-order valence-corrected chi connectivity index (χ1v) is 15.7. The molecule has 7 rings (SSSR count). The molecular formula is C29H29N9O3S. The Hall–Kier alpha value is -4.65. The van der Waals surface area contributed by atoms with Gasteiger partial charge in [-0.25, -0.2) is 18.4 Å². The van der Waals surface area contributed by atoms with Crippen LogP contribution >= 0.6 is 0 Å².